The summed E-state index contributed by atoms with van der Waals surface area (Å²) in [6.07, 6.45) is 1.59. The van der Waals surface area contributed by atoms with Crippen LogP contribution in [-0.4, -0.2) is 69.2 Å². The van der Waals surface area contributed by atoms with Crippen LogP contribution in [0.3, 0.4) is 0 Å². The van der Waals surface area contributed by atoms with Crippen molar-refractivity contribution in [3.05, 3.63) is 45.6 Å². The van der Waals surface area contributed by atoms with E-state index >= 15 is 0 Å². The SMILES string of the molecule is Cc1cc(Cl)cc(-c2ncnc3cc(CN4C(=O)C5C(C4=O)C5(C)C)sc23)c1CN1CCN(C)C[C@@H]1C. The molecule has 0 radical (unpaired) electrons. The van der Waals surface area contributed by atoms with E-state index in [2.05, 4.69) is 35.7 Å². The molecule has 2 amide bonds. The van der Waals surface area contributed by atoms with Crippen LogP contribution in [0, 0.1) is 24.2 Å². The van der Waals surface area contributed by atoms with E-state index in [0.29, 0.717) is 17.6 Å². The van der Waals surface area contributed by atoms with E-state index in [-0.39, 0.29) is 29.1 Å². The number of amides is 2. The second-order valence-corrected chi connectivity index (χ2v) is 13.1. The maximum atomic E-state index is 12.9. The number of nitrogens with zero attached hydrogens (tertiary/aromatic N) is 5. The number of hydrogen-bond donors (Lipinski definition) is 0. The predicted octanol–water partition coefficient (Wildman–Crippen LogP) is 4.60. The minimum atomic E-state index is -0.203. The molecule has 9 heteroatoms. The van der Waals surface area contributed by atoms with Crippen molar-refractivity contribution in [2.24, 2.45) is 17.3 Å². The van der Waals surface area contributed by atoms with Gasteiger partial charge < -0.3 is 4.90 Å². The van der Waals surface area contributed by atoms with Gasteiger partial charge in [-0.1, -0.05) is 25.4 Å². The number of likely N-dealkylation sites (tertiary alicyclic amines) is 1. The van der Waals surface area contributed by atoms with Gasteiger partial charge in [0.2, 0.25) is 11.8 Å². The molecule has 7 nitrogen and oxygen atoms in total. The van der Waals surface area contributed by atoms with Gasteiger partial charge >= 0.3 is 0 Å². The highest BCUT2D eigenvalue weighted by atomic mass is 35.5. The average Bonchev–Trinajstić information content (AvgIpc) is 3.08. The third-order valence-electron chi connectivity index (χ3n) is 8.59. The molecule has 1 saturated carbocycles. The number of imide groups is 1. The Hall–Kier alpha value is -2.39. The number of fused-ring (bicyclic) bond motifs is 2. The Kier molecular flexibility index (Phi) is 5.95. The number of aryl methyl sites for hydroxylation is 1. The molecule has 1 aliphatic carbocycles. The molecule has 2 aromatic heterocycles. The number of halogens is 1. The van der Waals surface area contributed by atoms with Gasteiger partial charge in [0.25, 0.3) is 0 Å². The van der Waals surface area contributed by atoms with Crippen molar-refractivity contribution in [2.75, 3.05) is 26.7 Å². The molecule has 37 heavy (non-hydrogen) atoms. The molecule has 194 valence electrons. The van der Waals surface area contributed by atoms with Gasteiger partial charge in [-0.3, -0.25) is 19.4 Å². The van der Waals surface area contributed by atoms with Crippen LogP contribution >= 0.6 is 22.9 Å². The molecule has 0 N–H and O–H groups in total. The fraction of sp³-hybridized carbons (Fsp3) is 0.500. The average molecular weight is 538 g/mol. The zero-order valence-electron chi connectivity index (χ0n) is 21.9. The normalized spacial score (nSPS) is 25.8. The highest BCUT2D eigenvalue weighted by Crippen LogP contribution is 2.63. The van der Waals surface area contributed by atoms with Gasteiger partial charge in [-0.05, 0) is 55.6 Å². The minimum absolute atomic E-state index is 0.0437. The van der Waals surface area contributed by atoms with Crippen LogP contribution in [0.4, 0.5) is 0 Å². The van der Waals surface area contributed by atoms with Crippen LogP contribution in [0.2, 0.25) is 5.02 Å². The number of rotatable bonds is 5. The maximum Gasteiger partial charge on any atom is 0.234 e. The molecule has 1 aromatic carbocycles. The molecule has 0 bridgehead atoms. The summed E-state index contributed by atoms with van der Waals surface area (Å²) in [7, 11) is 2.17. The number of thiophene rings is 1. The molecule has 2 saturated heterocycles. The van der Waals surface area contributed by atoms with Crippen LogP contribution < -0.4 is 0 Å². The third kappa shape index (κ3) is 4.09. The van der Waals surface area contributed by atoms with Gasteiger partial charge in [0.1, 0.15) is 6.33 Å². The molecule has 0 spiro atoms. The van der Waals surface area contributed by atoms with Gasteiger partial charge in [-0.2, -0.15) is 0 Å². The van der Waals surface area contributed by atoms with E-state index < -0.39 is 0 Å². The largest absolute Gasteiger partial charge is 0.304 e. The molecular weight excluding hydrogens is 506 g/mol. The standard InChI is InChI=1S/C28H32ClN5O2S/c1-15-8-17(29)9-19(20(15)13-33-7-6-32(5)11-16(33)2)24-25-21(30-14-31-24)10-18(37-25)12-34-26(35)22-23(27(34)36)28(22,3)4/h8-10,14,16,22-23H,6-7,11-13H2,1-5H3/t16-,22?,23?/m0/s1. The molecule has 3 aromatic rings. The number of likely N-dealkylation sites (N-methyl/N-ethyl adjacent to an activating group) is 1. The lowest BCUT2D eigenvalue weighted by Crippen LogP contribution is -2.49. The zero-order chi connectivity index (χ0) is 26.2. The van der Waals surface area contributed by atoms with Gasteiger partial charge in [-0.15, -0.1) is 11.3 Å². The van der Waals surface area contributed by atoms with E-state index in [1.807, 2.05) is 32.0 Å². The van der Waals surface area contributed by atoms with Gasteiger partial charge in [-0.25, -0.2) is 9.97 Å². The van der Waals surface area contributed by atoms with Crippen LogP contribution in [0.1, 0.15) is 36.8 Å². The summed E-state index contributed by atoms with van der Waals surface area (Å²) >= 11 is 8.12. The predicted molar refractivity (Wildman–Crippen MR) is 146 cm³/mol. The molecule has 2 unspecified atom stereocenters. The van der Waals surface area contributed by atoms with Crippen molar-refractivity contribution < 1.29 is 9.59 Å². The van der Waals surface area contributed by atoms with Crippen molar-refractivity contribution in [1.82, 2.24) is 24.7 Å². The monoisotopic (exact) mass is 537 g/mol. The number of carbonyl (C=O) groups excluding carboxylic acids is 2. The van der Waals surface area contributed by atoms with Crippen molar-refractivity contribution >= 4 is 45.0 Å². The lowest BCUT2D eigenvalue weighted by molar-refractivity contribution is -0.143. The van der Waals surface area contributed by atoms with Crippen molar-refractivity contribution in [1.29, 1.82) is 0 Å². The second kappa shape index (κ2) is 8.83. The first-order chi connectivity index (χ1) is 17.6. The topological polar surface area (TPSA) is 69.6 Å². The van der Waals surface area contributed by atoms with Crippen molar-refractivity contribution in [3.8, 4) is 11.3 Å². The molecule has 4 heterocycles. The van der Waals surface area contributed by atoms with Crippen LogP contribution in [0.25, 0.3) is 21.5 Å². The first-order valence-electron chi connectivity index (χ1n) is 12.9. The van der Waals surface area contributed by atoms with E-state index in [1.54, 1.807) is 17.7 Å². The molecule has 6 rings (SSSR count). The Morgan fingerprint density at radius 3 is 2.51 bits per heavy atom. The van der Waals surface area contributed by atoms with E-state index in [4.69, 9.17) is 16.6 Å². The Morgan fingerprint density at radius 1 is 1.08 bits per heavy atom. The molecule has 3 fully saturated rings. The smallest absolute Gasteiger partial charge is 0.234 e. The molecule has 3 atom stereocenters. The summed E-state index contributed by atoms with van der Waals surface area (Å²) in [5.74, 6) is -0.423. The highest BCUT2D eigenvalue weighted by Gasteiger charge is 2.72. The quantitative estimate of drug-likeness (QED) is 0.443. The first-order valence-corrected chi connectivity index (χ1v) is 14.1. The van der Waals surface area contributed by atoms with Crippen molar-refractivity contribution in [3.63, 3.8) is 0 Å². The number of hydrogen-bond acceptors (Lipinski definition) is 7. The minimum Gasteiger partial charge on any atom is -0.304 e. The highest BCUT2D eigenvalue weighted by molar-refractivity contribution is 7.19. The third-order valence-corrected chi connectivity index (χ3v) is 9.92. The fourth-order valence-corrected chi connectivity index (χ4v) is 7.67. The molecular formula is C28H32ClN5O2S. The summed E-state index contributed by atoms with van der Waals surface area (Å²) < 4.78 is 0.955. The Labute approximate surface area is 226 Å². The maximum absolute atomic E-state index is 12.9. The number of aromatic nitrogens is 2. The number of piperidine rings is 1. The summed E-state index contributed by atoms with van der Waals surface area (Å²) in [6.45, 7) is 12.6. The number of piperazine rings is 1. The Morgan fingerprint density at radius 2 is 1.81 bits per heavy atom. The molecule has 3 aliphatic rings. The number of carbonyl (C=O) groups is 2. The van der Waals surface area contributed by atoms with Crippen LogP contribution in [0.5, 0.6) is 0 Å². The van der Waals surface area contributed by atoms with E-state index in [9.17, 15) is 9.59 Å². The lowest BCUT2D eigenvalue weighted by Gasteiger charge is -2.38. The molecule has 2 aliphatic heterocycles. The zero-order valence-corrected chi connectivity index (χ0v) is 23.5. The number of benzene rings is 1. The lowest BCUT2D eigenvalue weighted by atomic mass is 9.97. The van der Waals surface area contributed by atoms with E-state index in [0.717, 1.165) is 58.1 Å². The fourth-order valence-electron chi connectivity index (χ4n) is 6.30. The van der Waals surface area contributed by atoms with Gasteiger partial charge in [0.05, 0.1) is 34.3 Å². The van der Waals surface area contributed by atoms with Gasteiger partial charge in [0, 0.05) is 47.7 Å². The summed E-state index contributed by atoms with van der Waals surface area (Å²) in [6, 6.07) is 6.47. The Balaban J connectivity index is 1.34. The van der Waals surface area contributed by atoms with Gasteiger partial charge in [0.15, 0.2) is 0 Å². The summed E-state index contributed by atoms with van der Waals surface area (Å²) in [4.78, 5) is 42.3. The van der Waals surface area contributed by atoms with Crippen LogP contribution in [0.15, 0.2) is 24.5 Å². The summed E-state index contributed by atoms with van der Waals surface area (Å²) in [5, 5.41) is 0.682. The van der Waals surface area contributed by atoms with Crippen LogP contribution in [-0.2, 0) is 22.7 Å². The first kappa shape index (κ1) is 24.9. The summed E-state index contributed by atoms with van der Waals surface area (Å²) in [5.41, 5.74) is 4.87. The Bertz CT molecular complexity index is 1410. The van der Waals surface area contributed by atoms with E-state index in [1.165, 1.54) is 10.5 Å². The second-order valence-electron chi connectivity index (χ2n) is 11.5. The van der Waals surface area contributed by atoms with Crippen molar-refractivity contribution in [2.45, 2.75) is 46.8 Å².